The van der Waals surface area contributed by atoms with Crippen LogP contribution >= 0.6 is 23.2 Å². The maximum atomic E-state index is 13.4. The Hall–Kier alpha value is -1.79. The number of hydrogen-bond acceptors (Lipinski definition) is 2. The highest BCUT2D eigenvalue weighted by Gasteiger charge is 2.17. The van der Waals surface area contributed by atoms with E-state index in [0.717, 1.165) is 0 Å². The quantitative estimate of drug-likeness (QED) is 0.848. The number of benzene rings is 1. The summed E-state index contributed by atoms with van der Waals surface area (Å²) in [5.74, 6) is -4.48. The van der Waals surface area contributed by atoms with Crippen LogP contribution in [0.4, 0.5) is 18.9 Å². The zero-order valence-corrected chi connectivity index (χ0v) is 11.1. The highest BCUT2D eigenvalue weighted by molar-refractivity contribution is 6.35. The Morgan fingerprint density at radius 3 is 2.25 bits per heavy atom. The van der Waals surface area contributed by atoms with Crippen LogP contribution in [0.25, 0.3) is 0 Å². The van der Waals surface area contributed by atoms with Crippen molar-refractivity contribution in [1.29, 1.82) is 0 Å². The van der Waals surface area contributed by atoms with Gasteiger partial charge in [0, 0.05) is 12.1 Å². The third kappa shape index (κ3) is 3.02. The van der Waals surface area contributed by atoms with Crippen molar-refractivity contribution in [2.45, 2.75) is 0 Å². The van der Waals surface area contributed by atoms with Crippen molar-refractivity contribution < 1.29 is 18.0 Å². The molecule has 0 aliphatic rings. The fourth-order valence-electron chi connectivity index (χ4n) is 1.42. The van der Waals surface area contributed by atoms with Crippen molar-refractivity contribution in [1.82, 2.24) is 4.98 Å². The second-order valence-corrected chi connectivity index (χ2v) is 4.42. The van der Waals surface area contributed by atoms with Gasteiger partial charge >= 0.3 is 0 Å². The van der Waals surface area contributed by atoms with E-state index < -0.39 is 29.0 Å². The molecule has 20 heavy (non-hydrogen) atoms. The lowest BCUT2D eigenvalue weighted by atomic mass is 10.2. The summed E-state index contributed by atoms with van der Waals surface area (Å²) in [4.78, 5) is 15.4. The predicted molar refractivity (Wildman–Crippen MR) is 68.5 cm³/mol. The zero-order chi connectivity index (χ0) is 14.9. The molecule has 0 fully saturated rings. The van der Waals surface area contributed by atoms with Crippen LogP contribution in [0.5, 0.6) is 0 Å². The Labute approximate surface area is 121 Å². The van der Waals surface area contributed by atoms with E-state index in [1.165, 1.54) is 12.1 Å². The number of amides is 1. The molecule has 1 aromatic carbocycles. The number of nitrogens with one attached hydrogen (secondary N) is 1. The number of anilines is 1. The summed E-state index contributed by atoms with van der Waals surface area (Å²) in [6.45, 7) is 0. The normalized spacial score (nSPS) is 10.4. The fourth-order valence-corrected chi connectivity index (χ4v) is 1.85. The molecule has 0 atom stereocenters. The average Bonchev–Trinajstić information content (AvgIpc) is 2.33. The van der Waals surface area contributed by atoms with Crippen LogP contribution in [-0.2, 0) is 0 Å². The van der Waals surface area contributed by atoms with Crippen molar-refractivity contribution >= 4 is 34.8 Å². The molecule has 1 heterocycles. The van der Waals surface area contributed by atoms with Crippen LogP contribution in [0.1, 0.15) is 10.4 Å². The molecule has 1 aromatic heterocycles. The van der Waals surface area contributed by atoms with Crippen molar-refractivity contribution in [3.8, 4) is 0 Å². The molecule has 0 aliphatic heterocycles. The predicted octanol–water partition coefficient (Wildman–Crippen LogP) is 4.06. The Balaban J connectivity index is 2.33. The minimum Gasteiger partial charge on any atom is -0.317 e. The molecule has 2 rings (SSSR count). The van der Waals surface area contributed by atoms with E-state index in [9.17, 15) is 18.0 Å². The van der Waals surface area contributed by atoms with Gasteiger partial charge in [0.2, 0.25) is 0 Å². The lowest BCUT2D eigenvalue weighted by molar-refractivity contribution is 0.102. The summed E-state index contributed by atoms with van der Waals surface area (Å²) in [6.07, 6.45) is 0. The van der Waals surface area contributed by atoms with Gasteiger partial charge < -0.3 is 5.32 Å². The Bertz CT molecular complexity index is 671. The third-order valence-electron chi connectivity index (χ3n) is 2.30. The van der Waals surface area contributed by atoms with E-state index in [1.54, 1.807) is 0 Å². The van der Waals surface area contributed by atoms with Crippen molar-refractivity contribution in [2.75, 3.05) is 5.32 Å². The topological polar surface area (TPSA) is 42.0 Å². The molecular weight excluding hydrogens is 316 g/mol. The van der Waals surface area contributed by atoms with E-state index in [1.807, 2.05) is 5.32 Å². The van der Waals surface area contributed by atoms with E-state index in [2.05, 4.69) is 4.98 Å². The standard InChI is InChI=1S/C12H5Cl2F3N2O/c13-9-2-1-6(11(14)18-9)12(20)19-10-7(16)3-5(15)4-8(10)17/h1-4H,(H,19,20). The number of pyridine rings is 1. The molecule has 1 amide bonds. The Morgan fingerprint density at radius 1 is 1.10 bits per heavy atom. The molecule has 0 aliphatic carbocycles. The van der Waals surface area contributed by atoms with Gasteiger partial charge in [-0.15, -0.1) is 0 Å². The largest absolute Gasteiger partial charge is 0.317 e. The first-order chi connectivity index (χ1) is 9.38. The molecule has 0 radical (unpaired) electrons. The summed E-state index contributed by atoms with van der Waals surface area (Å²) >= 11 is 11.3. The SMILES string of the molecule is O=C(Nc1c(F)cc(F)cc1F)c1ccc(Cl)nc1Cl. The highest BCUT2D eigenvalue weighted by Crippen LogP contribution is 2.23. The van der Waals surface area contributed by atoms with Crippen molar-refractivity contribution in [3.05, 3.63) is 57.6 Å². The first kappa shape index (κ1) is 14.6. The number of rotatable bonds is 2. The van der Waals surface area contributed by atoms with Crippen molar-refractivity contribution in [3.63, 3.8) is 0 Å². The fraction of sp³-hybridized carbons (Fsp3) is 0. The van der Waals surface area contributed by atoms with Gasteiger partial charge in [0.1, 0.15) is 21.8 Å². The van der Waals surface area contributed by atoms with E-state index in [0.29, 0.717) is 12.1 Å². The van der Waals surface area contributed by atoms with E-state index in [-0.39, 0.29) is 15.9 Å². The zero-order valence-electron chi connectivity index (χ0n) is 9.55. The van der Waals surface area contributed by atoms with Gasteiger partial charge in [-0.3, -0.25) is 4.79 Å². The van der Waals surface area contributed by atoms with Gasteiger partial charge in [0.05, 0.1) is 5.56 Å². The van der Waals surface area contributed by atoms with Crippen LogP contribution in [-0.4, -0.2) is 10.9 Å². The molecule has 0 saturated carbocycles. The molecular formula is C12H5Cl2F3N2O. The summed E-state index contributed by atoms with van der Waals surface area (Å²) in [5.41, 5.74) is -0.901. The number of carbonyl (C=O) groups is 1. The number of hydrogen-bond donors (Lipinski definition) is 1. The first-order valence-electron chi connectivity index (χ1n) is 5.16. The van der Waals surface area contributed by atoms with Crippen molar-refractivity contribution in [2.24, 2.45) is 0 Å². The van der Waals surface area contributed by atoms with Crippen LogP contribution in [0.2, 0.25) is 10.3 Å². The Morgan fingerprint density at radius 2 is 1.70 bits per heavy atom. The van der Waals surface area contributed by atoms with Gasteiger partial charge in [-0.1, -0.05) is 23.2 Å². The molecule has 8 heteroatoms. The summed E-state index contributed by atoms with van der Waals surface area (Å²) in [7, 11) is 0. The number of nitrogens with zero attached hydrogens (tertiary/aromatic N) is 1. The molecule has 1 N–H and O–H groups in total. The van der Waals surface area contributed by atoms with Gasteiger partial charge in [-0.25, -0.2) is 18.2 Å². The minimum absolute atomic E-state index is 0.0608. The second-order valence-electron chi connectivity index (χ2n) is 3.67. The monoisotopic (exact) mass is 320 g/mol. The summed E-state index contributed by atoms with van der Waals surface area (Å²) in [5, 5.41) is 1.80. The van der Waals surface area contributed by atoms with Crippen LogP contribution in [0, 0.1) is 17.5 Å². The van der Waals surface area contributed by atoms with E-state index >= 15 is 0 Å². The lowest BCUT2D eigenvalue weighted by Crippen LogP contribution is -2.15. The molecule has 0 spiro atoms. The van der Waals surface area contributed by atoms with E-state index in [4.69, 9.17) is 23.2 Å². The summed E-state index contributed by atoms with van der Waals surface area (Å²) < 4.78 is 39.5. The first-order valence-corrected chi connectivity index (χ1v) is 5.92. The molecule has 0 saturated heterocycles. The van der Waals surface area contributed by atoms with Gasteiger partial charge in [-0.05, 0) is 12.1 Å². The molecule has 2 aromatic rings. The van der Waals surface area contributed by atoms with Crippen LogP contribution in [0.15, 0.2) is 24.3 Å². The molecule has 0 bridgehead atoms. The molecule has 104 valence electrons. The van der Waals surface area contributed by atoms with Crippen LogP contribution < -0.4 is 5.32 Å². The second kappa shape index (κ2) is 5.68. The van der Waals surface area contributed by atoms with Gasteiger partial charge in [-0.2, -0.15) is 0 Å². The smallest absolute Gasteiger partial charge is 0.258 e. The maximum absolute atomic E-state index is 13.4. The Kier molecular flexibility index (Phi) is 4.15. The highest BCUT2D eigenvalue weighted by atomic mass is 35.5. The summed E-state index contributed by atoms with van der Waals surface area (Å²) in [6, 6.07) is 3.42. The number of halogens is 5. The number of aromatic nitrogens is 1. The molecule has 3 nitrogen and oxygen atoms in total. The average molecular weight is 321 g/mol. The van der Waals surface area contributed by atoms with Gasteiger partial charge in [0.15, 0.2) is 11.6 Å². The number of carbonyl (C=O) groups excluding carboxylic acids is 1. The molecule has 0 unspecified atom stereocenters. The maximum Gasteiger partial charge on any atom is 0.258 e. The van der Waals surface area contributed by atoms with Crippen LogP contribution in [0.3, 0.4) is 0 Å². The third-order valence-corrected chi connectivity index (χ3v) is 2.80. The van der Waals surface area contributed by atoms with Gasteiger partial charge in [0.25, 0.3) is 5.91 Å². The lowest BCUT2D eigenvalue weighted by Gasteiger charge is -2.08. The minimum atomic E-state index is -1.24.